The molecule has 0 saturated carbocycles. The van der Waals surface area contributed by atoms with Crippen molar-refractivity contribution >= 4 is 33.7 Å². The summed E-state index contributed by atoms with van der Waals surface area (Å²) in [6.07, 6.45) is 0. The predicted octanol–water partition coefficient (Wildman–Crippen LogP) is 1.17. The lowest BCUT2D eigenvalue weighted by molar-refractivity contribution is 0.107. The monoisotopic (exact) mass is 192 g/mol. The minimum absolute atomic E-state index is 0.0179. The van der Waals surface area contributed by atoms with E-state index < -0.39 is 10.5 Å². The van der Waals surface area contributed by atoms with E-state index in [1.807, 2.05) is 0 Å². The summed E-state index contributed by atoms with van der Waals surface area (Å²) in [7, 11) is 0. The van der Waals surface area contributed by atoms with E-state index in [0.717, 1.165) is 0 Å². The van der Waals surface area contributed by atoms with Gasteiger partial charge in [0.2, 0.25) is 0 Å². The highest BCUT2D eigenvalue weighted by Crippen LogP contribution is 2.04. The molecule has 0 aromatic carbocycles. The Morgan fingerprint density at radius 1 is 1.36 bits per heavy atom. The van der Waals surface area contributed by atoms with Gasteiger partial charge in [-0.15, -0.1) is 0 Å². The topological polar surface area (TPSA) is 62.8 Å². The second-order valence-electron chi connectivity index (χ2n) is 1.71. The fourth-order valence-corrected chi connectivity index (χ4v) is 0.717. The van der Waals surface area contributed by atoms with Crippen molar-refractivity contribution in [3.63, 3.8) is 0 Å². The van der Waals surface area contributed by atoms with Gasteiger partial charge in [0, 0.05) is 6.07 Å². The number of nitrogens with one attached hydrogen (secondary N) is 1. The standard InChI is InChI=1S/C5H2Cl2N2O2/c6-4(10)2-1-3(5(7)11)9-8-2/h1H,(H,8,9). The second kappa shape index (κ2) is 3.02. The van der Waals surface area contributed by atoms with E-state index in [0.29, 0.717) is 0 Å². The van der Waals surface area contributed by atoms with Crippen LogP contribution in [0.25, 0.3) is 0 Å². The van der Waals surface area contributed by atoms with Crippen LogP contribution in [0.4, 0.5) is 0 Å². The third-order valence-corrected chi connectivity index (χ3v) is 1.39. The van der Waals surface area contributed by atoms with Gasteiger partial charge in [-0.3, -0.25) is 14.7 Å². The molecule has 0 aliphatic heterocycles. The highest BCUT2D eigenvalue weighted by Gasteiger charge is 2.10. The second-order valence-corrected chi connectivity index (χ2v) is 2.40. The third kappa shape index (κ3) is 1.78. The summed E-state index contributed by atoms with van der Waals surface area (Å²) < 4.78 is 0. The lowest BCUT2D eigenvalue weighted by Gasteiger charge is -1.78. The van der Waals surface area contributed by atoms with Gasteiger partial charge in [-0.05, 0) is 23.2 Å². The van der Waals surface area contributed by atoms with Crippen molar-refractivity contribution in [2.24, 2.45) is 0 Å². The van der Waals surface area contributed by atoms with Crippen LogP contribution in [0, 0.1) is 0 Å². The molecule has 0 aliphatic rings. The molecular weight excluding hydrogens is 191 g/mol. The summed E-state index contributed by atoms with van der Waals surface area (Å²) in [5, 5.41) is 4.24. The van der Waals surface area contributed by atoms with Gasteiger partial charge >= 0.3 is 0 Å². The van der Waals surface area contributed by atoms with Crippen molar-refractivity contribution in [1.29, 1.82) is 0 Å². The van der Waals surface area contributed by atoms with Crippen molar-refractivity contribution in [3.05, 3.63) is 17.5 Å². The van der Waals surface area contributed by atoms with E-state index in [1.165, 1.54) is 6.07 Å². The molecule has 58 valence electrons. The van der Waals surface area contributed by atoms with Crippen LogP contribution in [0.5, 0.6) is 0 Å². The van der Waals surface area contributed by atoms with Gasteiger partial charge in [0.05, 0.1) is 0 Å². The van der Waals surface area contributed by atoms with Crippen LogP contribution >= 0.6 is 23.2 Å². The van der Waals surface area contributed by atoms with Gasteiger partial charge in [-0.25, -0.2) is 0 Å². The number of carbonyl (C=O) groups excluding carboxylic acids is 2. The van der Waals surface area contributed by atoms with Crippen LogP contribution < -0.4 is 0 Å². The van der Waals surface area contributed by atoms with Crippen molar-refractivity contribution in [2.45, 2.75) is 0 Å². The van der Waals surface area contributed by atoms with Crippen molar-refractivity contribution in [2.75, 3.05) is 0 Å². The van der Waals surface area contributed by atoms with E-state index in [9.17, 15) is 9.59 Å². The summed E-state index contributed by atoms with van der Waals surface area (Å²) in [6.45, 7) is 0. The Morgan fingerprint density at radius 3 is 2.27 bits per heavy atom. The van der Waals surface area contributed by atoms with E-state index in [1.54, 1.807) is 0 Å². The van der Waals surface area contributed by atoms with Crippen LogP contribution in [0.15, 0.2) is 6.07 Å². The van der Waals surface area contributed by atoms with Gasteiger partial charge in [-0.2, -0.15) is 5.10 Å². The summed E-state index contributed by atoms with van der Waals surface area (Å²) in [5.41, 5.74) is 0.0336. The van der Waals surface area contributed by atoms with Gasteiger partial charge < -0.3 is 0 Å². The number of hydrogen-bond donors (Lipinski definition) is 1. The fourth-order valence-electron chi connectivity index (χ4n) is 0.523. The molecule has 1 N–H and O–H groups in total. The Labute approximate surface area is 71.5 Å². The van der Waals surface area contributed by atoms with Gasteiger partial charge in [-0.1, -0.05) is 0 Å². The third-order valence-electron chi connectivity index (χ3n) is 0.991. The molecule has 0 radical (unpaired) electrons. The van der Waals surface area contributed by atoms with E-state index >= 15 is 0 Å². The largest absolute Gasteiger partial charge is 0.274 e. The molecule has 1 rings (SSSR count). The normalized spacial score (nSPS) is 9.64. The number of H-pyrrole nitrogens is 1. The van der Waals surface area contributed by atoms with E-state index in [-0.39, 0.29) is 11.4 Å². The molecule has 0 aliphatic carbocycles. The summed E-state index contributed by atoms with van der Waals surface area (Å²) in [4.78, 5) is 20.8. The molecule has 1 aromatic heterocycles. The number of carbonyl (C=O) groups is 2. The van der Waals surface area contributed by atoms with Crippen LogP contribution in [0.3, 0.4) is 0 Å². The smallest absolute Gasteiger partial charge is 0.272 e. The first-order valence-electron chi connectivity index (χ1n) is 2.56. The maximum Gasteiger partial charge on any atom is 0.272 e. The molecule has 11 heavy (non-hydrogen) atoms. The number of aromatic amines is 1. The molecule has 1 aromatic rings. The molecule has 1 heterocycles. The molecule has 0 unspecified atom stereocenters. The first-order chi connectivity index (χ1) is 5.11. The number of rotatable bonds is 2. The highest BCUT2D eigenvalue weighted by molar-refractivity contribution is 6.68. The Hall–Kier alpha value is -0.870. The van der Waals surface area contributed by atoms with Crippen LogP contribution in [0.1, 0.15) is 21.0 Å². The minimum Gasteiger partial charge on any atom is -0.274 e. The Kier molecular flexibility index (Phi) is 2.26. The van der Waals surface area contributed by atoms with Crippen LogP contribution in [0.2, 0.25) is 0 Å². The SMILES string of the molecule is O=C(Cl)c1cc(C(=O)Cl)[nH]n1. The first-order valence-corrected chi connectivity index (χ1v) is 3.32. The lowest BCUT2D eigenvalue weighted by Crippen LogP contribution is -1.86. The minimum atomic E-state index is -0.731. The predicted molar refractivity (Wildman–Crippen MR) is 39.0 cm³/mol. The maximum atomic E-state index is 10.4. The van der Waals surface area contributed by atoms with Gasteiger partial charge in [0.1, 0.15) is 11.4 Å². The zero-order valence-corrected chi connectivity index (χ0v) is 6.61. The number of aromatic nitrogens is 2. The number of halogens is 2. The summed E-state index contributed by atoms with van der Waals surface area (Å²) in [5.74, 6) is 0. The summed E-state index contributed by atoms with van der Waals surface area (Å²) in [6, 6.07) is 1.19. The average molecular weight is 193 g/mol. The quantitative estimate of drug-likeness (QED) is 0.716. The Balaban J connectivity index is 2.99. The Morgan fingerprint density at radius 2 is 2.00 bits per heavy atom. The zero-order valence-electron chi connectivity index (χ0n) is 5.10. The Bertz CT molecular complexity index is 279. The fraction of sp³-hybridized carbons (Fsp3) is 0. The van der Waals surface area contributed by atoms with Gasteiger partial charge in [0.25, 0.3) is 10.5 Å². The molecule has 0 fully saturated rings. The molecule has 6 heteroatoms. The molecule has 0 spiro atoms. The molecule has 0 amide bonds. The number of nitrogens with zero attached hydrogens (tertiary/aromatic N) is 1. The molecule has 0 bridgehead atoms. The average Bonchev–Trinajstić information content (AvgIpc) is 2.33. The molecule has 0 atom stereocenters. The maximum absolute atomic E-state index is 10.4. The van der Waals surface area contributed by atoms with E-state index in [2.05, 4.69) is 10.2 Å². The summed E-state index contributed by atoms with van der Waals surface area (Å²) >= 11 is 10.1. The van der Waals surface area contributed by atoms with Crippen molar-refractivity contribution in [1.82, 2.24) is 10.2 Å². The highest BCUT2D eigenvalue weighted by atomic mass is 35.5. The first kappa shape index (κ1) is 8.23. The number of hydrogen-bond acceptors (Lipinski definition) is 3. The van der Waals surface area contributed by atoms with Gasteiger partial charge in [0.15, 0.2) is 0 Å². The molecule has 4 nitrogen and oxygen atoms in total. The molecule has 0 saturated heterocycles. The van der Waals surface area contributed by atoms with E-state index in [4.69, 9.17) is 23.2 Å². The van der Waals surface area contributed by atoms with Crippen molar-refractivity contribution in [3.8, 4) is 0 Å². The van der Waals surface area contributed by atoms with Crippen LogP contribution in [-0.4, -0.2) is 20.7 Å². The van der Waals surface area contributed by atoms with Crippen molar-refractivity contribution < 1.29 is 9.59 Å². The zero-order chi connectivity index (χ0) is 8.43. The lowest BCUT2D eigenvalue weighted by atomic mass is 10.4. The van der Waals surface area contributed by atoms with Crippen LogP contribution in [-0.2, 0) is 0 Å². The molecular formula is C5H2Cl2N2O2.